The second-order valence-corrected chi connectivity index (χ2v) is 5.96. The molecule has 0 aromatic carbocycles. The van der Waals surface area contributed by atoms with Crippen LogP contribution in [0.15, 0.2) is 10.8 Å². The maximum atomic E-state index is 9.29. The lowest BCUT2D eigenvalue weighted by Crippen LogP contribution is -2.36. The summed E-state index contributed by atoms with van der Waals surface area (Å²) >= 11 is 7.66. The normalized spacial score (nSPS) is 38.0. The molecule has 2 aliphatic rings. The first-order valence-corrected chi connectivity index (χ1v) is 6.64. The lowest BCUT2D eigenvalue weighted by atomic mass is 9.78. The predicted molar refractivity (Wildman–Crippen MR) is 62.2 cm³/mol. The van der Waals surface area contributed by atoms with Crippen LogP contribution in [0.3, 0.4) is 0 Å². The molecule has 1 aromatic heterocycles. The van der Waals surface area contributed by atoms with Crippen LogP contribution >= 0.6 is 22.9 Å². The molecule has 2 aliphatic carbocycles. The molecule has 2 N–H and O–H groups in total. The molecule has 1 aromatic rings. The molecule has 0 amide bonds. The van der Waals surface area contributed by atoms with Crippen LogP contribution in [0.2, 0.25) is 5.02 Å². The quantitative estimate of drug-likeness (QED) is 0.855. The summed E-state index contributed by atoms with van der Waals surface area (Å²) in [5.74, 6) is 0. The van der Waals surface area contributed by atoms with Crippen LogP contribution in [-0.2, 0) is 6.54 Å². The maximum absolute atomic E-state index is 9.29. The third-order valence-corrected chi connectivity index (χ3v) is 4.98. The number of nitrogens with one attached hydrogen (secondary N) is 1. The first-order valence-electron chi connectivity index (χ1n) is 5.32. The second kappa shape index (κ2) is 3.45. The Kier molecular flexibility index (Phi) is 2.32. The Morgan fingerprint density at radius 3 is 2.87 bits per heavy atom. The van der Waals surface area contributed by atoms with Crippen molar-refractivity contribution in [3.05, 3.63) is 21.3 Å². The van der Waals surface area contributed by atoms with Crippen molar-refractivity contribution in [1.82, 2.24) is 5.32 Å². The molecule has 0 aliphatic heterocycles. The minimum absolute atomic E-state index is 0.0402. The van der Waals surface area contributed by atoms with E-state index in [-0.39, 0.29) is 6.10 Å². The van der Waals surface area contributed by atoms with Gasteiger partial charge >= 0.3 is 0 Å². The van der Waals surface area contributed by atoms with Gasteiger partial charge in [-0.15, -0.1) is 0 Å². The zero-order valence-electron chi connectivity index (χ0n) is 8.37. The maximum Gasteiger partial charge on any atom is 0.0557 e. The van der Waals surface area contributed by atoms with Crippen molar-refractivity contribution >= 4 is 22.9 Å². The van der Waals surface area contributed by atoms with Gasteiger partial charge in [0.15, 0.2) is 0 Å². The molecule has 0 radical (unpaired) electrons. The highest BCUT2D eigenvalue weighted by Gasteiger charge is 2.60. The zero-order valence-corrected chi connectivity index (χ0v) is 9.94. The van der Waals surface area contributed by atoms with Gasteiger partial charge in [0.2, 0.25) is 0 Å². The van der Waals surface area contributed by atoms with E-state index < -0.39 is 0 Å². The van der Waals surface area contributed by atoms with Crippen molar-refractivity contribution < 1.29 is 5.11 Å². The van der Waals surface area contributed by atoms with Gasteiger partial charge in [-0.2, -0.15) is 11.3 Å². The number of halogens is 1. The van der Waals surface area contributed by atoms with E-state index in [2.05, 4.69) is 10.7 Å². The van der Waals surface area contributed by atoms with Gasteiger partial charge in [-0.3, -0.25) is 0 Å². The molecule has 1 unspecified atom stereocenters. The third-order valence-electron chi connectivity index (χ3n) is 3.70. The summed E-state index contributed by atoms with van der Waals surface area (Å²) in [7, 11) is 0. The van der Waals surface area contributed by atoms with Gasteiger partial charge in [-0.25, -0.2) is 0 Å². The van der Waals surface area contributed by atoms with E-state index in [0.29, 0.717) is 11.5 Å². The van der Waals surface area contributed by atoms with Crippen LogP contribution in [0, 0.1) is 5.41 Å². The average molecular weight is 244 g/mol. The summed E-state index contributed by atoms with van der Waals surface area (Å²) in [5, 5.41) is 17.7. The van der Waals surface area contributed by atoms with E-state index in [4.69, 9.17) is 11.6 Å². The van der Waals surface area contributed by atoms with Crippen molar-refractivity contribution in [2.45, 2.75) is 38.0 Å². The van der Waals surface area contributed by atoms with Gasteiger partial charge in [0.05, 0.1) is 11.1 Å². The van der Waals surface area contributed by atoms with Crippen LogP contribution in [0.4, 0.5) is 0 Å². The van der Waals surface area contributed by atoms with E-state index in [1.54, 1.807) is 11.3 Å². The fraction of sp³-hybridized carbons (Fsp3) is 0.636. The molecule has 1 atom stereocenters. The molecule has 3 rings (SSSR count). The highest BCUT2D eigenvalue weighted by Crippen LogP contribution is 2.60. The standard InChI is InChI=1S/C11H14ClNOS/c12-9-6-15-5-7(9)4-13-10-3-11(10)1-8(14)2-11/h5-6,8,10,13-14H,1-4H2. The molecule has 2 fully saturated rings. The van der Waals surface area contributed by atoms with E-state index in [0.717, 1.165) is 24.4 Å². The number of aliphatic hydroxyl groups excluding tert-OH is 1. The Morgan fingerprint density at radius 2 is 2.27 bits per heavy atom. The minimum atomic E-state index is -0.0402. The lowest BCUT2D eigenvalue weighted by molar-refractivity contribution is 0.0237. The molecule has 0 bridgehead atoms. The second-order valence-electron chi connectivity index (χ2n) is 4.81. The molecule has 1 spiro atoms. The summed E-state index contributed by atoms with van der Waals surface area (Å²) in [6, 6.07) is 0.608. The number of hydrogen-bond acceptors (Lipinski definition) is 3. The minimum Gasteiger partial charge on any atom is -0.393 e. The molecule has 2 saturated carbocycles. The summed E-state index contributed by atoms with van der Waals surface area (Å²) in [5.41, 5.74) is 1.64. The van der Waals surface area contributed by atoms with E-state index in [9.17, 15) is 5.11 Å². The summed E-state index contributed by atoms with van der Waals surface area (Å²) in [4.78, 5) is 0. The largest absolute Gasteiger partial charge is 0.393 e. The van der Waals surface area contributed by atoms with Crippen molar-refractivity contribution in [3.8, 4) is 0 Å². The molecular formula is C11H14ClNOS. The first kappa shape index (κ1) is 10.1. The van der Waals surface area contributed by atoms with Crippen molar-refractivity contribution in [3.63, 3.8) is 0 Å². The SMILES string of the molecule is OC1CC2(C1)CC2NCc1cscc1Cl. The van der Waals surface area contributed by atoms with Crippen molar-refractivity contribution in [2.75, 3.05) is 0 Å². The van der Waals surface area contributed by atoms with Gasteiger partial charge in [0.1, 0.15) is 0 Å². The Morgan fingerprint density at radius 1 is 1.47 bits per heavy atom. The number of thiophene rings is 1. The van der Waals surface area contributed by atoms with Crippen molar-refractivity contribution in [2.24, 2.45) is 5.41 Å². The summed E-state index contributed by atoms with van der Waals surface area (Å²) < 4.78 is 0. The first-order chi connectivity index (χ1) is 7.20. The molecule has 82 valence electrons. The van der Waals surface area contributed by atoms with E-state index in [1.165, 1.54) is 12.0 Å². The monoisotopic (exact) mass is 243 g/mol. The fourth-order valence-electron chi connectivity index (χ4n) is 2.63. The van der Waals surface area contributed by atoms with Crippen LogP contribution in [0.25, 0.3) is 0 Å². The Balaban J connectivity index is 1.51. The topological polar surface area (TPSA) is 32.3 Å². The highest BCUT2D eigenvalue weighted by molar-refractivity contribution is 7.08. The lowest BCUT2D eigenvalue weighted by Gasteiger charge is -2.33. The van der Waals surface area contributed by atoms with Crippen LogP contribution in [-0.4, -0.2) is 17.3 Å². The van der Waals surface area contributed by atoms with E-state index in [1.807, 2.05) is 5.38 Å². The van der Waals surface area contributed by atoms with Gasteiger partial charge in [-0.05, 0) is 35.6 Å². The highest BCUT2D eigenvalue weighted by atomic mass is 35.5. The summed E-state index contributed by atoms with van der Waals surface area (Å²) in [6.07, 6.45) is 3.16. The summed E-state index contributed by atoms with van der Waals surface area (Å²) in [6.45, 7) is 0.866. The Labute approximate surface area is 98.3 Å². The van der Waals surface area contributed by atoms with Crippen molar-refractivity contribution in [1.29, 1.82) is 0 Å². The fourth-order valence-corrected chi connectivity index (χ4v) is 3.69. The van der Waals surface area contributed by atoms with E-state index >= 15 is 0 Å². The molecule has 1 heterocycles. The Hall–Kier alpha value is -0.0900. The number of hydrogen-bond donors (Lipinski definition) is 2. The molecule has 0 saturated heterocycles. The average Bonchev–Trinajstić information content (AvgIpc) is 2.70. The predicted octanol–water partition coefficient (Wildman–Crippen LogP) is 2.40. The van der Waals surface area contributed by atoms with Crippen LogP contribution < -0.4 is 5.32 Å². The van der Waals surface area contributed by atoms with Crippen LogP contribution in [0.1, 0.15) is 24.8 Å². The van der Waals surface area contributed by atoms with Gasteiger partial charge < -0.3 is 10.4 Å². The van der Waals surface area contributed by atoms with Gasteiger partial charge in [0, 0.05) is 18.0 Å². The van der Waals surface area contributed by atoms with Gasteiger partial charge in [-0.1, -0.05) is 11.6 Å². The Bertz CT molecular complexity index is 372. The number of rotatable bonds is 3. The van der Waals surface area contributed by atoms with Crippen LogP contribution in [0.5, 0.6) is 0 Å². The molecule has 15 heavy (non-hydrogen) atoms. The zero-order chi connectivity index (χ0) is 10.5. The third kappa shape index (κ3) is 1.72. The van der Waals surface area contributed by atoms with Gasteiger partial charge in [0.25, 0.3) is 0 Å². The molecular weight excluding hydrogens is 230 g/mol. The number of aliphatic hydroxyl groups is 1. The molecule has 4 heteroatoms. The smallest absolute Gasteiger partial charge is 0.0557 e. The molecule has 2 nitrogen and oxygen atoms in total.